The summed E-state index contributed by atoms with van der Waals surface area (Å²) in [5.74, 6) is -0.475. The van der Waals surface area contributed by atoms with Gasteiger partial charge < -0.3 is 31.5 Å². The number of rotatable bonds is 7. The Morgan fingerprint density at radius 2 is 1.85 bits per heavy atom. The first-order chi connectivity index (χ1) is 18.5. The van der Waals surface area contributed by atoms with Crippen LogP contribution in [0.25, 0.3) is 0 Å². The Labute approximate surface area is 231 Å². The molecule has 2 heterocycles. The van der Waals surface area contributed by atoms with Crippen molar-refractivity contribution in [3.63, 3.8) is 0 Å². The van der Waals surface area contributed by atoms with Crippen LogP contribution in [0.15, 0.2) is 30.3 Å². The van der Waals surface area contributed by atoms with Crippen molar-refractivity contribution in [2.24, 2.45) is 11.8 Å². The number of aliphatic hydroxyl groups excluding tert-OH is 1. The molecule has 0 bridgehead atoms. The molecule has 3 rings (SSSR count). The van der Waals surface area contributed by atoms with Crippen molar-refractivity contribution in [1.29, 1.82) is 10.8 Å². The van der Waals surface area contributed by atoms with E-state index in [-0.39, 0.29) is 23.3 Å². The zero-order valence-corrected chi connectivity index (χ0v) is 23.9. The average Bonchev–Trinajstić information content (AvgIpc) is 2.92. The van der Waals surface area contributed by atoms with Crippen molar-refractivity contribution in [3.8, 4) is 0 Å². The van der Waals surface area contributed by atoms with Crippen LogP contribution in [-0.2, 0) is 13.0 Å². The third-order valence-electron chi connectivity index (χ3n) is 5.90. The van der Waals surface area contributed by atoms with Crippen LogP contribution in [0.4, 0.5) is 15.0 Å². The molecule has 0 saturated carbocycles. The van der Waals surface area contributed by atoms with Crippen LogP contribution in [0.5, 0.6) is 0 Å². The third kappa shape index (κ3) is 10.6. The molecule has 0 spiro atoms. The zero-order valence-electron chi connectivity index (χ0n) is 23.9. The van der Waals surface area contributed by atoms with E-state index in [4.69, 9.17) is 15.9 Å². The number of hydrogen-bond acceptors (Lipinski definition) is 6. The standard InChI is InChI=1S/C23H28FN5O2.C4H10O.C2H5N/c1-4-14(3)21(25)19-7-6-8-20(27-19)28-22(30)17-11-16-13-29(23(31)26-5-2)10-9-15(16)12-18(17)24;1-4(2)3-5;1-2-3/h6-8,11-12,14,25H,4-5,9-10,13H2,1-3H3,(H,26,31)(H,27,28,30);4-5H,3H2,1-2H3;2-3H,1H3. The summed E-state index contributed by atoms with van der Waals surface area (Å²) in [5.41, 5.74) is 2.33. The number of halogens is 1. The highest BCUT2D eigenvalue weighted by atomic mass is 19.1. The Morgan fingerprint density at radius 1 is 1.21 bits per heavy atom. The second-order valence-corrected chi connectivity index (χ2v) is 9.56. The summed E-state index contributed by atoms with van der Waals surface area (Å²) < 4.78 is 14.7. The number of nitrogens with zero attached hydrogens (tertiary/aromatic N) is 2. The van der Waals surface area contributed by atoms with Gasteiger partial charge in [-0.15, -0.1) is 0 Å². The number of aromatic nitrogens is 1. The SMILES string of the molecule is CC(C)CO.CC=N.CCNC(=O)N1CCc2cc(F)c(C(=O)Nc3cccc(C(=N)C(C)CC)n3)cc2C1. The number of amides is 3. The highest BCUT2D eigenvalue weighted by molar-refractivity contribution is 6.05. The average molecular weight is 543 g/mol. The minimum Gasteiger partial charge on any atom is -0.396 e. The first-order valence-corrected chi connectivity index (χ1v) is 13.3. The minimum atomic E-state index is -0.616. The molecular weight excluding hydrogens is 499 g/mol. The molecule has 0 aliphatic carbocycles. The Morgan fingerprint density at radius 3 is 2.41 bits per heavy atom. The van der Waals surface area contributed by atoms with Crippen LogP contribution >= 0.6 is 0 Å². The van der Waals surface area contributed by atoms with Crippen molar-refractivity contribution in [1.82, 2.24) is 15.2 Å². The van der Waals surface area contributed by atoms with Crippen LogP contribution in [0.1, 0.15) is 75.1 Å². The van der Waals surface area contributed by atoms with Crippen molar-refractivity contribution in [2.45, 2.75) is 60.9 Å². The highest BCUT2D eigenvalue weighted by Gasteiger charge is 2.24. The van der Waals surface area contributed by atoms with Gasteiger partial charge in [-0.1, -0.05) is 33.8 Å². The summed E-state index contributed by atoms with van der Waals surface area (Å²) in [6, 6.07) is 7.76. The molecule has 10 heteroatoms. The van der Waals surface area contributed by atoms with Crippen LogP contribution in [0, 0.1) is 28.5 Å². The van der Waals surface area contributed by atoms with Crippen LogP contribution in [0.3, 0.4) is 0 Å². The maximum absolute atomic E-state index is 14.7. The molecule has 1 aliphatic heterocycles. The largest absolute Gasteiger partial charge is 0.396 e. The molecule has 0 saturated heterocycles. The number of hydrogen-bond donors (Lipinski definition) is 5. The Hall–Kier alpha value is -3.66. The van der Waals surface area contributed by atoms with Crippen molar-refractivity contribution < 1.29 is 19.1 Å². The Bertz CT molecular complexity index is 1120. The lowest BCUT2D eigenvalue weighted by Gasteiger charge is -2.29. The lowest BCUT2D eigenvalue weighted by molar-refractivity contribution is 0.102. The van der Waals surface area contributed by atoms with E-state index in [0.29, 0.717) is 50.0 Å². The number of urea groups is 1. The monoisotopic (exact) mass is 542 g/mol. The zero-order chi connectivity index (χ0) is 29.5. The second kappa shape index (κ2) is 17.0. The van der Waals surface area contributed by atoms with E-state index in [2.05, 4.69) is 15.6 Å². The van der Waals surface area contributed by atoms with E-state index in [1.54, 1.807) is 30.0 Å². The molecule has 39 heavy (non-hydrogen) atoms. The van der Waals surface area contributed by atoms with Gasteiger partial charge in [0.15, 0.2) is 0 Å². The van der Waals surface area contributed by atoms with Crippen molar-refractivity contribution >= 4 is 29.7 Å². The number of benzene rings is 1. The van der Waals surface area contributed by atoms with Crippen molar-refractivity contribution in [3.05, 3.63) is 58.5 Å². The summed E-state index contributed by atoms with van der Waals surface area (Å²) >= 11 is 0. The number of pyridine rings is 1. The van der Waals surface area contributed by atoms with Gasteiger partial charge in [0.1, 0.15) is 11.6 Å². The number of carbonyl (C=O) groups excluding carboxylic acids is 2. The predicted octanol–water partition coefficient (Wildman–Crippen LogP) is 5.27. The molecule has 0 radical (unpaired) electrons. The van der Waals surface area contributed by atoms with E-state index in [1.807, 2.05) is 34.6 Å². The first-order valence-electron chi connectivity index (χ1n) is 13.3. The molecule has 1 atom stereocenters. The van der Waals surface area contributed by atoms with Gasteiger partial charge in [0.05, 0.1) is 17.0 Å². The number of nitrogens with one attached hydrogen (secondary N) is 4. The van der Waals surface area contributed by atoms with Gasteiger partial charge in [0, 0.05) is 26.2 Å². The predicted molar refractivity (Wildman–Crippen MR) is 154 cm³/mol. The van der Waals surface area contributed by atoms with E-state index >= 15 is 0 Å². The normalized spacial score (nSPS) is 12.6. The molecule has 214 valence electrons. The van der Waals surface area contributed by atoms with Gasteiger partial charge in [-0.25, -0.2) is 14.2 Å². The fraction of sp³-hybridized carbons (Fsp3) is 0.483. The molecule has 9 nitrogen and oxygen atoms in total. The van der Waals surface area contributed by atoms with Gasteiger partial charge >= 0.3 is 6.03 Å². The van der Waals surface area contributed by atoms with Gasteiger partial charge in [0.25, 0.3) is 5.91 Å². The molecule has 0 fully saturated rings. The lowest BCUT2D eigenvalue weighted by atomic mass is 9.96. The molecule has 1 unspecified atom stereocenters. The Kier molecular flexibility index (Phi) is 14.6. The molecule has 1 aromatic heterocycles. The molecule has 3 amide bonds. The first kappa shape index (κ1) is 33.4. The molecular formula is C29H43FN6O3. The van der Waals surface area contributed by atoms with Gasteiger partial charge in [-0.05, 0) is 80.1 Å². The Balaban J connectivity index is 0.000000838. The number of carbonyl (C=O) groups is 2. The number of fused-ring (bicyclic) bond motifs is 1. The smallest absolute Gasteiger partial charge is 0.317 e. The summed E-state index contributed by atoms with van der Waals surface area (Å²) in [4.78, 5) is 30.9. The summed E-state index contributed by atoms with van der Waals surface area (Å²) in [7, 11) is 0. The van der Waals surface area contributed by atoms with E-state index in [0.717, 1.165) is 17.5 Å². The lowest BCUT2D eigenvalue weighted by Crippen LogP contribution is -2.42. The van der Waals surface area contributed by atoms with Crippen LogP contribution in [0.2, 0.25) is 0 Å². The maximum atomic E-state index is 14.7. The third-order valence-corrected chi connectivity index (χ3v) is 5.90. The van der Waals surface area contributed by atoms with Gasteiger partial charge in [-0.2, -0.15) is 0 Å². The van der Waals surface area contributed by atoms with E-state index in [9.17, 15) is 14.0 Å². The molecule has 1 aromatic carbocycles. The van der Waals surface area contributed by atoms with Crippen molar-refractivity contribution in [2.75, 3.05) is 25.0 Å². The fourth-order valence-electron chi connectivity index (χ4n) is 3.48. The topological polar surface area (TPSA) is 142 Å². The van der Waals surface area contributed by atoms with Gasteiger partial charge in [0.2, 0.25) is 0 Å². The number of aliphatic hydroxyl groups is 1. The minimum absolute atomic E-state index is 0.0457. The summed E-state index contributed by atoms with van der Waals surface area (Å²) in [6.07, 6.45) is 2.59. The van der Waals surface area contributed by atoms with E-state index < -0.39 is 11.7 Å². The fourth-order valence-corrected chi connectivity index (χ4v) is 3.48. The van der Waals surface area contributed by atoms with Gasteiger partial charge in [-0.3, -0.25) is 4.79 Å². The molecule has 5 N–H and O–H groups in total. The summed E-state index contributed by atoms with van der Waals surface area (Å²) in [6.45, 7) is 13.1. The van der Waals surface area contributed by atoms with E-state index in [1.165, 1.54) is 18.3 Å². The second-order valence-electron chi connectivity index (χ2n) is 9.56. The maximum Gasteiger partial charge on any atom is 0.317 e. The molecule has 1 aliphatic rings. The highest BCUT2D eigenvalue weighted by Crippen LogP contribution is 2.24. The van der Waals surface area contributed by atoms with Crippen LogP contribution in [-0.4, -0.2) is 58.6 Å². The summed E-state index contributed by atoms with van der Waals surface area (Å²) in [5, 5.41) is 27.8. The van der Waals surface area contributed by atoms with Crippen LogP contribution < -0.4 is 10.6 Å². The molecule has 2 aromatic rings. The quantitative estimate of drug-likeness (QED) is 0.304. The number of anilines is 1.